The molecule has 4 unspecified atom stereocenters. The predicted octanol–water partition coefficient (Wildman–Crippen LogP) is 11.3. The molecular formula is C41H66O6. The Kier molecular flexibility index (Phi) is 17.6. The Hall–Kier alpha value is -3.02. The van der Waals surface area contributed by atoms with Crippen molar-refractivity contribution in [2.75, 3.05) is 0 Å². The molecule has 0 aliphatic heterocycles. The maximum absolute atomic E-state index is 11.8. The van der Waals surface area contributed by atoms with Gasteiger partial charge in [-0.05, 0) is 114 Å². The van der Waals surface area contributed by atoms with Crippen molar-refractivity contribution in [1.82, 2.24) is 0 Å². The number of allylic oxidation sites excluding steroid dienone is 4. The van der Waals surface area contributed by atoms with Crippen molar-refractivity contribution < 1.29 is 19.0 Å². The lowest BCUT2D eigenvalue weighted by Gasteiger charge is -2.19. The molecule has 0 amide bonds. The highest BCUT2D eigenvalue weighted by Gasteiger charge is 2.18. The van der Waals surface area contributed by atoms with E-state index in [1.807, 2.05) is 13.8 Å². The first-order chi connectivity index (χ1) is 21.8. The van der Waals surface area contributed by atoms with Gasteiger partial charge >= 0.3 is 11.3 Å². The molecule has 0 aromatic carbocycles. The minimum atomic E-state index is -0.464. The Morgan fingerprint density at radius 1 is 0.596 bits per heavy atom. The zero-order chi connectivity index (χ0) is 36.2. The Morgan fingerprint density at radius 2 is 0.957 bits per heavy atom. The van der Waals surface area contributed by atoms with E-state index in [0.29, 0.717) is 46.3 Å². The van der Waals surface area contributed by atoms with E-state index in [1.54, 1.807) is 27.7 Å². The van der Waals surface area contributed by atoms with Gasteiger partial charge in [0.1, 0.15) is 23.0 Å². The smallest absolute Gasteiger partial charge is 0.342 e. The molecule has 0 radical (unpaired) electrons. The van der Waals surface area contributed by atoms with Crippen molar-refractivity contribution in [2.45, 2.75) is 142 Å². The van der Waals surface area contributed by atoms with Crippen LogP contribution in [0.2, 0.25) is 0 Å². The standard InChI is InChI=1S/C21H34O3.C20H32O3/c1-8-9-13(2)10-14(3)11-15(4)12-16(5)20-17(6)19(22)18(7)21(23)24-20;1-8-12(2)9-13(3)10-14(4)11-15(5)19-16(6)18(21)17(7)20(22)23-19/h12-15,22H,8-11H2,1-7H3;11-14,21H,8-10H2,1-7H3/b16-12+;15-11+/t13?,14-,15?;12?,13-,14?/m11/s1. The molecule has 2 aromatic heterocycles. The van der Waals surface area contributed by atoms with Crippen LogP contribution < -0.4 is 11.3 Å². The molecule has 0 aliphatic rings. The summed E-state index contributed by atoms with van der Waals surface area (Å²) >= 11 is 0. The average Bonchev–Trinajstić information content (AvgIpc) is 2.98. The maximum atomic E-state index is 11.8. The number of hydrogen-bond donors (Lipinski definition) is 2. The SMILES string of the molecule is CCC(C)C[C@@H](C)CC(C)/C=C(\C)c1oc(=O)c(C)c(O)c1C.CCCC(C)C[C@@H](C)CC(C)/C=C(\C)c1oc(=O)c(C)c(O)c1C. The van der Waals surface area contributed by atoms with Crippen LogP contribution in [0.3, 0.4) is 0 Å². The van der Waals surface area contributed by atoms with E-state index in [0.717, 1.165) is 35.8 Å². The topological polar surface area (TPSA) is 101 Å². The van der Waals surface area contributed by atoms with Gasteiger partial charge in [0.05, 0.1) is 11.1 Å². The largest absolute Gasteiger partial charge is 0.507 e. The molecule has 0 aliphatic carbocycles. The maximum Gasteiger partial charge on any atom is 0.342 e. The van der Waals surface area contributed by atoms with Gasteiger partial charge in [-0.15, -0.1) is 0 Å². The zero-order valence-electron chi connectivity index (χ0n) is 32.1. The lowest BCUT2D eigenvalue weighted by atomic mass is 9.87. The number of rotatable bonds is 15. The van der Waals surface area contributed by atoms with E-state index in [4.69, 9.17) is 8.83 Å². The Labute approximate surface area is 285 Å². The Bertz CT molecular complexity index is 1460. The molecule has 266 valence electrons. The second-order valence-electron chi connectivity index (χ2n) is 14.8. The van der Waals surface area contributed by atoms with Crippen LogP contribution in [-0.4, -0.2) is 10.2 Å². The van der Waals surface area contributed by atoms with Crippen molar-refractivity contribution >= 4 is 11.1 Å². The van der Waals surface area contributed by atoms with E-state index >= 15 is 0 Å². The van der Waals surface area contributed by atoms with Gasteiger partial charge in [0.25, 0.3) is 0 Å². The highest BCUT2D eigenvalue weighted by molar-refractivity contribution is 5.65. The van der Waals surface area contributed by atoms with Crippen molar-refractivity contribution in [1.29, 1.82) is 0 Å². The van der Waals surface area contributed by atoms with E-state index in [-0.39, 0.29) is 22.6 Å². The van der Waals surface area contributed by atoms with Gasteiger partial charge in [-0.1, -0.05) is 86.8 Å². The van der Waals surface area contributed by atoms with Crippen LogP contribution in [0, 0.1) is 63.2 Å². The minimum absolute atomic E-state index is 0.0433. The molecule has 0 bridgehead atoms. The molecular weight excluding hydrogens is 588 g/mol. The fourth-order valence-corrected chi connectivity index (χ4v) is 6.97. The first-order valence-corrected chi connectivity index (χ1v) is 17.9. The van der Waals surface area contributed by atoms with Gasteiger partial charge < -0.3 is 19.0 Å². The average molecular weight is 655 g/mol. The van der Waals surface area contributed by atoms with Gasteiger partial charge in [-0.3, -0.25) is 0 Å². The van der Waals surface area contributed by atoms with Crippen molar-refractivity contribution in [2.24, 2.45) is 35.5 Å². The fourth-order valence-electron chi connectivity index (χ4n) is 6.97. The highest BCUT2D eigenvalue weighted by Crippen LogP contribution is 2.31. The second-order valence-corrected chi connectivity index (χ2v) is 14.8. The lowest BCUT2D eigenvalue weighted by molar-refractivity contribution is 0.353. The van der Waals surface area contributed by atoms with Crippen molar-refractivity contribution in [3.8, 4) is 11.5 Å². The summed E-state index contributed by atoms with van der Waals surface area (Å²) in [5.41, 5.74) is 2.72. The second kappa shape index (κ2) is 19.7. The van der Waals surface area contributed by atoms with Crippen LogP contribution in [0.1, 0.15) is 148 Å². The molecule has 2 rings (SSSR count). The third-order valence-electron chi connectivity index (χ3n) is 9.53. The molecule has 0 saturated heterocycles. The molecule has 2 heterocycles. The van der Waals surface area contributed by atoms with Gasteiger partial charge in [0.15, 0.2) is 0 Å². The van der Waals surface area contributed by atoms with Crippen LogP contribution in [0.15, 0.2) is 30.6 Å². The minimum Gasteiger partial charge on any atom is -0.507 e. The summed E-state index contributed by atoms with van der Waals surface area (Å²) < 4.78 is 10.8. The van der Waals surface area contributed by atoms with Gasteiger partial charge in [-0.2, -0.15) is 0 Å². The summed E-state index contributed by atoms with van der Waals surface area (Å²) in [7, 11) is 0. The third-order valence-corrected chi connectivity index (χ3v) is 9.53. The molecule has 47 heavy (non-hydrogen) atoms. The summed E-state index contributed by atoms with van der Waals surface area (Å²) in [6, 6.07) is 0. The monoisotopic (exact) mass is 654 g/mol. The van der Waals surface area contributed by atoms with E-state index in [1.165, 1.54) is 32.1 Å². The molecule has 2 aromatic rings. The molecule has 0 fully saturated rings. The fraction of sp³-hybridized carbons (Fsp3) is 0.659. The molecule has 6 atom stereocenters. The van der Waals surface area contributed by atoms with Gasteiger partial charge in [-0.25, -0.2) is 9.59 Å². The normalized spacial score (nSPS) is 16.1. The summed E-state index contributed by atoms with van der Waals surface area (Å²) in [6.45, 7) is 28.7. The zero-order valence-corrected chi connectivity index (χ0v) is 32.1. The third kappa shape index (κ3) is 13.2. The summed E-state index contributed by atoms with van der Waals surface area (Å²) in [5.74, 6) is 4.78. The Morgan fingerprint density at radius 3 is 1.30 bits per heavy atom. The van der Waals surface area contributed by atoms with Gasteiger partial charge in [0.2, 0.25) is 0 Å². The van der Waals surface area contributed by atoms with Crippen LogP contribution in [0.25, 0.3) is 11.1 Å². The van der Waals surface area contributed by atoms with Crippen molar-refractivity contribution in [3.63, 3.8) is 0 Å². The van der Waals surface area contributed by atoms with Crippen molar-refractivity contribution in [3.05, 3.63) is 66.8 Å². The summed E-state index contributed by atoms with van der Waals surface area (Å²) in [5, 5.41) is 20.1. The molecule has 0 spiro atoms. The van der Waals surface area contributed by atoms with Crippen LogP contribution in [-0.2, 0) is 0 Å². The molecule has 2 N–H and O–H groups in total. The lowest BCUT2D eigenvalue weighted by Crippen LogP contribution is -2.08. The molecule has 6 nitrogen and oxygen atoms in total. The predicted molar refractivity (Wildman–Crippen MR) is 198 cm³/mol. The van der Waals surface area contributed by atoms with Crippen LogP contribution in [0.4, 0.5) is 0 Å². The highest BCUT2D eigenvalue weighted by atomic mass is 16.4. The number of aromatic hydroxyl groups is 2. The number of hydrogen-bond acceptors (Lipinski definition) is 6. The van der Waals surface area contributed by atoms with Crippen LogP contribution in [0.5, 0.6) is 11.5 Å². The van der Waals surface area contributed by atoms with E-state index in [9.17, 15) is 19.8 Å². The molecule has 0 saturated carbocycles. The molecule has 6 heteroatoms. The van der Waals surface area contributed by atoms with E-state index in [2.05, 4.69) is 67.5 Å². The first-order valence-electron chi connectivity index (χ1n) is 17.9. The first kappa shape index (κ1) is 42.0. The Balaban J connectivity index is 0.000000470. The van der Waals surface area contributed by atoms with E-state index < -0.39 is 11.3 Å². The van der Waals surface area contributed by atoms with Crippen LogP contribution >= 0.6 is 0 Å². The summed E-state index contributed by atoms with van der Waals surface area (Å²) in [6.07, 6.45) is 12.8. The quantitative estimate of drug-likeness (QED) is 0.198. The summed E-state index contributed by atoms with van der Waals surface area (Å²) in [4.78, 5) is 23.6. The van der Waals surface area contributed by atoms with Gasteiger partial charge in [0, 0.05) is 11.1 Å².